The summed E-state index contributed by atoms with van der Waals surface area (Å²) in [6.07, 6.45) is 3.69. The standard InChI is InChI=1S/C22H29FN2O2/c1-26-18-10-11-22(27-2)19(14-18)21(25-12-6-3-7-13-25)16-24-15-17-8-4-5-9-20(17)23/h4-5,8-11,14,21,24H,3,6-7,12-13,15-16H2,1-2H3. The number of rotatable bonds is 8. The lowest BCUT2D eigenvalue weighted by Crippen LogP contribution is -2.39. The van der Waals surface area contributed by atoms with Crippen molar-refractivity contribution >= 4 is 0 Å². The number of ether oxygens (including phenoxy) is 2. The summed E-state index contributed by atoms with van der Waals surface area (Å²) in [4.78, 5) is 2.50. The number of likely N-dealkylation sites (tertiary alicyclic amines) is 1. The summed E-state index contributed by atoms with van der Waals surface area (Å²) in [5.41, 5.74) is 1.80. The molecule has 0 spiro atoms. The van der Waals surface area contributed by atoms with Gasteiger partial charge in [-0.2, -0.15) is 0 Å². The minimum Gasteiger partial charge on any atom is -0.497 e. The number of hydrogen-bond acceptors (Lipinski definition) is 4. The van der Waals surface area contributed by atoms with Gasteiger partial charge in [0.05, 0.1) is 20.3 Å². The van der Waals surface area contributed by atoms with E-state index in [4.69, 9.17) is 9.47 Å². The molecule has 0 saturated carbocycles. The Hall–Kier alpha value is -2.11. The summed E-state index contributed by atoms with van der Waals surface area (Å²) in [7, 11) is 3.38. The van der Waals surface area contributed by atoms with E-state index in [9.17, 15) is 4.39 Å². The summed E-state index contributed by atoms with van der Waals surface area (Å²) in [5.74, 6) is 1.51. The Morgan fingerprint density at radius 2 is 1.81 bits per heavy atom. The molecule has 1 fully saturated rings. The normalized spacial score (nSPS) is 16.1. The highest BCUT2D eigenvalue weighted by atomic mass is 19.1. The third kappa shape index (κ3) is 4.99. The first-order valence-electron chi connectivity index (χ1n) is 9.63. The summed E-state index contributed by atoms with van der Waals surface area (Å²) < 4.78 is 25.0. The smallest absolute Gasteiger partial charge is 0.127 e. The zero-order valence-corrected chi connectivity index (χ0v) is 16.2. The second-order valence-corrected chi connectivity index (χ2v) is 6.94. The molecule has 0 radical (unpaired) electrons. The number of nitrogens with one attached hydrogen (secondary N) is 1. The molecule has 146 valence electrons. The summed E-state index contributed by atoms with van der Waals surface area (Å²) in [5, 5.41) is 3.45. The molecule has 1 aliphatic heterocycles. The van der Waals surface area contributed by atoms with Crippen molar-refractivity contribution in [2.24, 2.45) is 0 Å². The van der Waals surface area contributed by atoms with Crippen LogP contribution < -0.4 is 14.8 Å². The maximum atomic E-state index is 13.9. The van der Waals surface area contributed by atoms with Gasteiger partial charge in [0.1, 0.15) is 17.3 Å². The number of hydrogen-bond donors (Lipinski definition) is 1. The second kappa shape index (κ2) is 9.72. The van der Waals surface area contributed by atoms with Crippen LogP contribution in [0.25, 0.3) is 0 Å². The molecule has 2 aromatic carbocycles. The monoisotopic (exact) mass is 372 g/mol. The van der Waals surface area contributed by atoms with Crippen molar-refractivity contribution in [1.29, 1.82) is 0 Å². The average molecular weight is 372 g/mol. The summed E-state index contributed by atoms with van der Waals surface area (Å²) in [6.45, 7) is 3.35. The average Bonchev–Trinajstić information content (AvgIpc) is 2.72. The molecule has 2 aromatic rings. The number of piperidine rings is 1. The van der Waals surface area contributed by atoms with E-state index >= 15 is 0 Å². The Balaban J connectivity index is 1.80. The van der Waals surface area contributed by atoms with E-state index in [2.05, 4.69) is 16.3 Å². The minimum atomic E-state index is -0.168. The van der Waals surface area contributed by atoms with Crippen molar-refractivity contribution in [3.05, 3.63) is 59.4 Å². The van der Waals surface area contributed by atoms with Crippen molar-refractivity contribution in [2.75, 3.05) is 33.9 Å². The van der Waals surface area contributed by atoms with E-state index in [-0.39, 0.29) is 11.9 Å². The molecular formula is C22H29FN2O2. The molecule has 27 heavy (non-hydrogen) atoms. The first kappa shape index (κ1) is 19.6. The Bertz CT molecular complexity index is 732. The molecule has 1 heterocycles. The van der Waals surface area contributed by atoms with Gasteiger partial charge in [0.15, 0.2) is 0 Å². The maximum Gasteiger partial charge on any atom is 0.127 e. The molecule has 5 heteroatoms. The third-order valence-corrected chi connectivity index (χ3v) is 5.24. The lowest BCUT2D eigenvalue weighted by Gasteiger charge is -2.35. The molecular weight excluding hydrogens is 343 g/mol. The lowest BCUT2D eigenvalue weighted by atomic mass is 10.00. The van der Waals surface area contributed by atoms with Crippen LogP contribution in [0.5, 0.6) is 11.5 Å². The van der Waals surface area contributed by atoms with Crippen LogP contribution in [0.2, 0.25) is 0 Å². The zero-order chi connectivity index (χ0) is 19.1. The molecule has 3 rings (SSSR count). The zero-order valence-electron chi connectivity index (χ0n) is 16.2. The highest BCUT2D eigenvalue weighted by Gasteiger charge is 2.25. The van der Waals surface area contributed by atoms with E-state index in [1.807, 2.05) is 24.3 Å². The first-order chi connectivity index (χ1) is 13.2. The van der Waals surface area contributed by atoms with Crippen LogP contribution in [0, 0.1) is 5.82 Å². The Morgan fingerprint density at radius 3 is 2.52 bits per heavy atom. The van der Waals surface area contributed by atoms with Crippen LogP contribution in [0.3, 0.4) is 0 Å². The van der Waals surface area contributed by atoms with Crippen molar-refractivity contribution < 1.29 is 13.9 Å². The van der Waals surface area contributed by atoms with Gasteiger partial charge in [-0.1, -0.05) is 24.6 Å². The fourth-order valence-electron chi connectivity index (χ4n) is 3.75. The van der Waals surface area contributed by atoms with E-state index in [1.165, 1.54) is 25.3 Å². The quantitative estimate of drug-likeness (QED) is 0.754. The van der Waals surface area contributed by atoms with Gasteiger partial charge in [0.2, 0.25) is 0 Å². The maximum absolute atomic E-state index is 13.9. The number of benzene rings is 2. The Morgan fingerprint density at radius 1 is 1.04 bits per heavy atom. The number of nitrogens with zero attached hydrogens (tertiary/aromatic N) is 1. The first-order valence-corrected chi connectivity index (χ1v) is 9.63. The highest BCUT2D eigenvalue weighted by Crippen LogP contribution is 2.34. The van der Waals surface area contributed by atoms with Gasteiger partial charge in [-0.3, -0.25) is 4.90 Å². The third-order valence-electron chi connectivity index (χ3n) is 5.24. The van der Waals surface area contributed by atoms with Crippen LogP contribution in [-0.2, 0) is 6.54 Å². The van der Waals surface area contributed by atoms with Gasteiger partial charge in [-0.05, 0) is 50.2 Å². The fraction of sp³-hybridized carbons (Fsp3) is 0.455. The van der Waals surface area contributed by atoms with Crippen LogP contribution >= 0.6 is 0 Å². The lowest BCUT2D eigenvalue weighted by molar-refractivity contribution is 0.157. The van der Waals surface area contributed by atoms with Crippen LogP contribution in [-0.4, -0.2) is 38.8 Å². The molecule has 0 aromatic heterocycles. The van der Waals surface area contributed by atoms with Crippen LogP contribution in [0.4, 0.5) is 4.39 Å². The van der Waals surface area contributed by atoms with Crippen molar-refractivity contribution in [1.82, 2.24) is 10.2 Å². The largest absolute Gasteiger partial charge is 0.497 e. The van der Waals surface area contributed by atoms with E-state index in [0.29, 0.717) is 12.1 Å². The van der Waals surface area contributed by atoms with Crippen molar-refractivity contribution in [3.8, 4) is 11.5 Å². The predicted octanol–water partition coefficient (Wildman–Crippen LogP) is 4.16. The van der Waals surface area contributed by atoms with Crippen LogP contribution in [0.1, 0.15) is 36.4 Å². The Labute approximate surface area is 161 Å². The summed E-state index contributed by atoms with van der Waals surface area (Å²) >= 11 is 0. The van der Waals surface area contributed by atoms with E-state index < -0.39 is 0 Å². The Kier molecular flexibility index (Phi) is 7.07. The van der Waals surface area contributed by atoms with Gasteiger partial charge in [-0.25, -0.2) is 4.39 Å². The number of methoxy groups -OCH3 is 2. The van der Waals surface area contributed by atoms with Gasteiger partial charge in [-0.15, -0.1) is 0 Å². The molecule has 1 atom stereocenters. The van der Waals surface area contributed by atoms with E-state index in [1.54, 1.807) is 20.3 Å². The highest BCUT2D eigenvalue weighted by molar-refractivity contribution is 5.42. The molecule has 1 N–H and O–H groups in total. The van der Waals surface area contributed by atoms with Crippen molar-refractivity contribution in [3.63, 3.8) is 0 Å². The molecule has 1 aliphatic rings. The van der Waals surface area contributed by atoms with Gasteiger partial charge >= 0.3 is 0 Å². The SMILES string of the molecule is COc1ccc(OC)c(C(CNCc2ccccc2F)N2CCCCC2)c1. The second-order valence-electron chi connectivity index (χ2n) is 6.94. The van der Waals surface area contributed by atoms with Crippen molar-refractivity contribution in [2.45, 2.75) is 31.8 Å². The predicted molar refractivity (Wildman–Crippen MR) is 106 cm³/mol. The molecule has 1 unspecified atom stereocenters. The summed E-state index contributed by atoms with van der Waals surface area (Å²) in [6, 6.07) is 13.0. The van der Waals surface area contributed by atoms with E-state index in [0.717, 1.165) is 36.7 Å². The van der Waals surface area contributed by atoms with Crippen LogP contribution in [0.15, 0.2) is 42.5 Å². The molecule has 0 bridgehead atoms. The topological polar surface area (TPSA) is 33.7 Å². The van der Waals surface area contributed by atoms with Gasteiger partial charge in [0, 0.05) is 24.2 Å². The van der Waals surface area contributed by atoms with Gasteiger partial charge in [0.25, 0.3) is 0 Å². The molecule has 1 saturated heterocycles. The number of halogens is 1. The molecule has 4 nitrogen and oxygen atoms in total. The molecule has 0 aliphatic carbocycles. The van der Waals surface area contributed by atoms with Gasteiger partial charge < -0.3 is 14.8 Å². The minimum absolute atomic E-state index is 0.155. The fourth-order valence-corrected chi connectivity index (χ4v) is 3.75. The molecule has 0 amide bonds.